The van der Waals surface area contributed by atoms with Crippen LogP contribution in [0, 0.1) is 0 Å². The number of nitrogens with zero attached hydrogens (tertiary/aromatic N) is 1. The fraction of sp³-hybridized carbons (Fsp3) is 0.800. The van der Waals surface area contributed by atoms with Crippen LogP contribution in [0.3, 0.4) is 0 Å². The molecule has 0 aromatic heterocycles. The molecule has 0 unspecified atom stereocenters. The van der Waals surface area contributed by atoms with Crippen molar-refractivity contribution < 1.29 is 9.53 Å². The van der Waals surface area contributed by atoms with Gasteiger partial charge in [0.1, 0.15) is 5.60 Å². The summed E-state index contributed by atoms with van der Waals surface area (Å²) >= 11 is 5.09. The lowest BCUT2D eigenvalue weighted by Crippen LogP contribution is -2.42. The second-order valence-corrected chi connectivity index (χ2v) is 5.12. The molecule has 0 saturated carbocycles. The number of amides is 1. The number of thiocarbonyl (C=S) groups is 1. The molecule has 0 atom stereocenters. The highest BCUT2D eigenvalue weighted by Gasteiger charge is 2.24. The van der Waals surface area contributed by atoms with Gasteiger partial charge in [0.05, 0.1) is 6.54 Å². The molecule has 0 aliphatic carbocycles. The molecule has 0 aromatic carbocycles. The fourth-order valence-electron chi connectivity index (χ4n) is 1.32. The molecule has 4 heteroatoms. The molecule has 1 aliphatic heterocycles. The van der Waals surface area contributed by atoms with Crippen molar-refractivity contribution in [3.05, 3.63) is 0 Å². The molecule has 0 spiro atoms. The quantitative estimate of drug-likeness (QED) is 0.581. The van der Waals surface area contributed by atoms with Crippen LogP contribution in [0.4, 0.5) is 4.79 Å². The Bertz CT molecular complexity index is 245. The van der Waals surface area contributed by atoms with Gasteiger partial charge in [0.25, 0.3) is 0 Å². The Hall–Kier alpha value is -0.640. The normalized spacial score (nSPS) is 18.2. The minimum Gasteiger partial charge on any atom is -0.444 e. The summed E-state index contributed by atoms with van der Waals surface area (Å²) in [6, 6.07) is 0. The van der Waals surface area contributed by atoms with E-state index in [1.807, 2.05) is 20.8 Å². The first-order valence-electron chi connectivity index (χ1n) is 4.88. The van der Waals surface area contributed by atoms with Crippen molar-refractivity contribution >= 4 is 23.2 Å². The Morgan fingerprint density at radius 3 is 2.64 bits per heavy atom. The van der Waals surface area contributed by atoms with E-state index in [9.17, 15) is 4.79 Å². The zero-order valence-electron chi connectivity index (χ0n) is 9.00. The summed E-state index contributed by atoms with van der Waals surface area (Å²) in [5.41, 5.74) is -0.420. The number of ether oxygens (including phenoxy) is 1. The maximum absolute atomic E-state index is 11.6. The van der Waals surface area contributed by atoms with E-state index in [0.717, 1.165) is 24.3 Å². The van der Waals surface area contributed by atoms with Crippen molar-refractivity contribution in [1.82, 2.24) is 4.90 Å². The zero-order chi connectivity index (χ0) is 10.8. The van der Waals surface area contributed by atoms with Gasteiger partial charge in [0.15, 0.2) is 0 Å². The lowest BCUT2D eigenvalue weighted by molar-refractivity contribution is 0.0268. The van der Waals surface area contributed by atoms with Gasteiger partial charge in [-0.15, -0.1) is 0 Å². The number of likely N-dealkylation sites (tertiary alicyclic amines) is 1. The number of carbonyl (C=O) groups excluding carboxylic acids is 1. The minimum absolute atomic E-state index is 0.250. The Kier molecular flexibility index (Phi) is 3.48. The Labute approximate surface area is 90.4 Å². The maximum Gasteiger partial charge on any atom is 0.410 e. The van der Waals surface area contributed by atoms with E-state index in [2.05, 4.69) is 0 Å². The predicted molar refractivity (Wildman–Crippen MR) is 59.6 cm³/mol. The van der Waals surface area contributed by atoms with Crippen molar-refractivity contribution in [2.24, 2.45) is 0 Å². The molecular formula is C10H17NO2S. The summed E-state index contributed by atoms with van der Waals surface area (Å²) in [6.45, 7) is 6.94. The van der Waals surface area contributed by atoms with Gasteiger partial charge >= 0.3 is 6.09 Å². The highest BCUT2D eigenvalue weighted by atomic mass is 32.1. The number of hydrogen-bond acceptors (Lipinski definition) is 3. The molecule has 0 bridgehead atoms. The minimum atomic E-state index is -0.420. The lowest BCUT2D eigenvalue weighted by atomic mass is 10.1. The highest BCUT2D eigenvalue weighted by molar-refractivity contribution is 7.80. The van der Waals surface area contributed by atoms with Crippen LogP contribution in [-0.2, 0) is 4.74 Å². The number of carbonyl (C=O) groups is 1. The molecule has 1 fully saturated rings. The summed E-state index contributed by atoms with van der Waals surface area (Å²) in [7, 11) is 0. The lowest BCUT2D eigenvalue weighted by Gasteiger charge is -2.30. The zero-order valence-corrected chi connectivity index (χ0v) is 9.82. The summed E-state index contributed by atoms with van der Waals surface area (Å²) < 4.78 is 5.25. The smallest absolute Gasteiger partial charge is 0.410 e. The SMILES string of the molecule is CC(C)(C)OC(=O)N1CCCC(=S)C1. The summed E-state index contributed by atoms with van der Waals surface area (Å²) in [5.74, 6) is 0. The Morgan fingerprint density at radius 2 is 2.14 bits per heavy atom. The average molecular weight is 215 g/mol. The summed E-state index contributed by atoms with van der Waals surface area (Å²) in [5, 5.41) is 0. The van der Waals surface area contributed by atoms with Gasteiger partial charge in [-0.1, -0.05) is 12.2 Å². The molecule has 1 rings (SSSR count). The standard InChI is InChI=1S/C10H17NO2S/c1-10(2,3)13-9(12)11-6-4-5-8(14)7-11/h4-7H2,1-3H3. The van der Waals surface area contributed by atoms with Crippen molar-refractivity contribution in [3.8, 4) is 0 Å². The third kappa shape index (κ3) is 3.62. The van der Waals surface area contributed by atoms with Crippen LogP contribution in [-0.4, -0.2) is 34.5 Å². The van der Waals surface area contributed by atoms with E-state index in [-0.39, 0.29) is 6.09 Å². The highest BCUT2D eigenvalue weighted by Crippen LogP contribution is 2.13. The van der Waals surface area contributed by atoms with Crippen LogP contribution < -0.4 is 0 Å². The molecule has 1 aliphatic rings. The first kappa shape index (κ1) is 11.4. The topological polar surface area (TPSA) is 29.5 Å². The average Bonchev–Trinajstić information content (AvgIpc) is 2.01. The van der Waals surface area contributed by atoms with Gasteiger partial charge in [-0.3, -0.25) is 0 Å². The molecule has 80 valence electrons. The van der Waals surface area contributed by atoms with Crippen molar-refractivity contribution in [3.63, 3.8) is 0 Å². The van der Waals surface area contributed by atoms with Crippen LogP contribution in [0.25, 0.3) is 0 Å². The van der Waals surface area contributed by atoms with Crippen LogP contribution in [0.5, 0.6) is 0 Å². The molecule has 14 heavy (non-hydrogen) atoms. The molecule has 1 heterocycles. The molecular weight excluding hydrogens is 198 g/mol. The number of hydrogen-bond donors (Lipinski definition) is 0. The largest absolute Gasteiger partial charge is 0.444 e. The van der Waals surface area contributed by atoms with E-state index in [4.69, 9.17) is 17.0 Å². The third-order valence-corrected chi connectivity index (χ3v) is 2.24. The van der Waals surface area contributed by atoms with Gasteiger partial charge in [-0.2, -0.15) is 0 Å². The van der Waals surface area contributed by atoms with E-state index < -0.39 is 5.60 Å². The van der Waals surface area contributed by atoms with Crippen molar-refractivity contribution in [1.29, 1.82) is 0 Å². The van der Waals surface area contributed by atoms with Crippen LogP contribution in [0.1, 0.15) is 33.6 Å². The fourth-order valence-corrected chi connectivity index (χ4v) is 1.62. The van der Waals surface area contributed by atoms with Gasteiger partial charge in [0.2, 0.25) is 0 Å². The van der Waals surface area contributed by atoms with Gasteiger partial charge in [-0.25, -0.2) is 4.79 Å². The van der Waals surface area contributed by atoms with Gasteiger partial charge in [0, 0.05) is 11.4 Å². The number of piperidine rings is 1. The second kappa shape index (κ2) is 4.26. The Balaban J connectivity index is 2.48. The van der Waals surface area contributed by atoms with E-state index >= 15 is 0 Å². The summed E-state index contributed by atoms with van der Waals surface area (Å²) in [4.78, 5) is 14.2. The van der Waals surface area contributed by atoms with Crippen molar-refractivity contribution in [2.45, 2.75) is 39.2 Å². The van der Waals surface area contributed by atoms with Crippen LogP contribution >= 0.6 is 12.2 Å². The first-order chi connectivity index (χ1) is 6.38. The van der Waals surface area contributed by atoms with Gasteiger partial charge in [-0.05, 0) is 33.6 Å². The summed E-state index contributed by atoms with van der Waals surface area (Å²) in [6.07, 6.45) is 1.66. The van der Waals surface area contributed by atoms with Crippen LogP contribution in [0.2, 0.25) is 0 Å². The third-order valence-electron chi connectivity index (χ3n) is 1.90. The van der Waals surface area contributed by atoms with E-state index in [1.165, 1.54) is 0 Å². The van der Waals surface area contributed by atoms with E-state index in [0.29, 0.717) is 6.54 Å². The Morgan fingerprint density at radius 1 is 1.50 bits per heavy atom. The predicted octanol–water partition coefficient (Wildman–Crippen LogP) is 2.39. The molecule has 3 nitrogen and oxygen atoms in total. The van der Waals surface area contributed by atoms with E-state index in [1.54, 1.807) is 4.90 Å². The maximum atomic E-state index is 11.6. The van der Waals surface area contributed by atoms with Crippen molar-refractivity contribution in [2.75, 3.05) is 13.1 Å². The molecule has 0 N–H and O–H groups in total. The molecule has 1 amide bonds. The first-order valence-corrected chi connectivity index (χ1v) is 5.29. The molecule has 1 saturated heterocycles. The van der Waals surface area contributed by atoms with Gasteiger partial charge < -0.3 is 9.64 Å². The monoisotopic (exact) mass is 215 g/mol. The molecule has 0 radical (unpaired) electrons. The second-order valence-electron chi connectivity index (χ2n) is 4.54. The molecule has 0 aromatic rings. The number of rotatable bonds is 0. The van der Waals surface area contributed by atoms with Crippen LogP contribution in [0.15, 0.2) is 0 Å².